The number of aliphatic hydroxyl groups is 6. The maximum Gasteiger partial charge on any atom is 0.186 e. The van der Waals surface area contributed by atoms with E-state index in [9.17, 15) is 30.6 Å². The zero-order valence-electron chi connectivity index (χ0n) is 28.5. The molecule has 0 aromatic rings. The number of aliphatic hydroxyl groups excluding tert-OH is 5. The Balaban J connectivity index is 1.37. The predicted octanol–water partition coefficient (Wildman–Crippen LogP) is 4.32. The second-order valence-corrected chi connectivity index (χ2v) is 17.3. The molecule has 8 nitrogen and oxygen atoms in total. The number of fused-ring (bicyclic) bond motifs is 5. The van der Waals surface area contributed by atoms with Crippen molar-refractivity contribution in [1.82, 2.24) is 0 Å². The Morgan fingerprint density at radius 2 is 1.55 bits per heavy atom. The third-order valence-electron chi connectivity index (χ3n) is 14.5. The van der Waals surface area contributed by atoms with Crippen LogP contribution in [0.15, 0.2) is 11.6 Å². The third kappa shape index (κ3) is 5.26. The highest BCUT2D eigenvalue weighted by Crippen LogP contribution is 2.76. The molecule has 0 aromatic carbocycles. The van der Waals surface area contributed by atoms with Crippen molar-refractivity contribution in [2.45, 2.75) is 162 Å². The molecule has 5 aliphatic rings. The zero-order valence-corrected chi connectivity index (χ0v) is 28.5. The van der Waals surface area contributed by atoms with Crippen LogP contribution >= 0.6 is 0 Å². The van der Waals surface area contributed by atoms with E-state index in [2.05, 4.69) is 54.5 Å². The van der Waals surface area contributed by atoms with Crippen molar-refractivity contribution >= 4 is 0 Å². The van der Waals surface area contributed by atoms with E-state index in [1.54, 1.807) is 0 Å². The van der Waals surface area contributed by atoms with E-state index in [0.29, 0.717) is 18.3 Å². The van der Waals surface area contributed by atoms with Crippen LogP contribution in [-0.2, 0) is 9.47 Å². The monoisotopic (exact) mass is 622 g/mol. The maximum atomic E-state index is 12.0. The van der Waals surface area contributed by atoms with Crippen molar-refractivity contribution in [3.63, 3.8) is 0 Å². The largest absolute Gasteiger partial charge is 0.394 e. The van der Waals surface area contributed by atoms with Gasteiger partial charge in [0.15, 0.2) is 6.29 Å². The minimum Gasteiger partial charge on any atom is -0.394 e. The highest BCUT2D eigenvalue weighted by Gasteiger charge is 2.71. The van der Waals surface area contributed by atoms with Crippen molar-refractivity contribution in [2.24, 2.45) is 45.3 Å². The van der Waals surface area contributed by atoms with Crippen molar-refractivity contribution < 1.29 is 40.1 Å². The lowest BCUT2D eigenvalue weighted by Gasteiger charge is -2.70. The summed E-state index contributed by atoms with van der Waals surface area (Å²) < 4.78 is 12.2. The van der Waals surface area contributed by atoms with Gasteiger partial charge >= 0.3 is 0 Å². The Bertz CT molecular complexity index is 1070. The average molecular weight is 623 g/mol. The Morgan fingerprint density at radius 1 is 0.886 bits per heavy atom. The van der Waals surface area contributed by atoms with Crippen LogP contribution in [0.4, 0.5) is 0 Å². The number of hydrogen-bond donors (Lipinski definition) is 6. The molecule has 1 heterocycles. The molecule has 0 unspecified atom stereocenters. The molecule has 254 valence electrons. The Kier molecular flexibility index (Phi) is 9.35. The van der Waals surface area contributed by atoms with E-state index in [0.717, 1.165) is 51.4 Å². The van der Waals surface area contributed by atoms with Crippen molar-refractivity contribution in [3.8, 4) is 0 Å². The Morgan fingerprint density at radius 3 is 2.18 bits per heavy atom. The van der Waals surface area contributed by atoms with Crippen LogP contribution in [0.25, 0.3) is 0 Å². The van der Waals surface area contributed by atoms with Crippen LogP contribution in [0.1, 0.15) is 113 Å². The van der Waals surface area contributed by atoms with Gasteiger partial charge in [0.2, 0.25) is 0 Å². The van der Waals surface area contributed by atoms with Gasteiger partial charge < -0.3 is 40.1 Å². The first-order valence-electron chi connectivity index (χ1n) is 17.3. The molecule has 0 radical (unpaired) electrons. The fraction of sp³-hybridized carbons (Fsp3) is 0.944. The zero-order chi connectivity index (χ0) is 32.6. The van der Waals surface area contributed by atoms with Crippen molar-refractivity contribution in [2.75, 3.05) is 6.61 Å². The summed E-state index contributed by atoms with van der Waals surface area (Å²) in [6.45, 7) is 17.5. The summed E-state index contributed by atoms with van der Waals surface area (Å²) in [7, 11) is 0. The van der Waals surface area contributed by atoms with E-state index in [1.807, 2.05) is 6.92 Å². The van der Waals surface area contributed by atoms with Crippen molar-refractivity contribution in [1.29, 1.82) is 0 Å². The van der Waals surface area contributed by atoms with Gasteiger partial charge in [-0.3, -0.25) is 0 Å². The van der Waals surface area contributed by atoms with E-state index in [1.165, 1.54) is 5.57 Å². The molecule has 8 heteroatoms. The number of ether oxygens (including phenoxy) is 2. The molecule has 0 bridgehead atoms. The molecule has 0 spiro atoms. The first kappa shape index (κ1) is 34.7. The smallest absolute Gasteiger partial charge is 0.186 e. The van der Waals surface area contributed by atoms with Gasteiger partial charge in [0.05, 0.1) is 24.4 Å². The number of allylic oxidation sites excluding steroid dienone is 2. The van der Waals surface area contributed by atoms with Gasteiger partial charge in [-0.05, 0) is 124 Å². The van der Waals surface area contributed by atoms with Crippen LogP contribution in [0.2, 0.25) is 0 Å². The Hall–Kier alpha value is -0.580. The quantitative estimate of drug-likeness (QED) is 0.182. The normalized spacial score (nSPS) is 51.5. The van der Waals surface area contributed by atoms with E-state index >= 15 is 0 Å². The van der Waals surface area contributed by atoms with Crippen LogP contribution in [0.5, 0.6) is 0 Å². The van der Waals surface area contributed by atoms with E-state index in [-0.39, 0.29) is 39.6 Å². The molecule has 1 saturated heterocycles. The summed E-state index contributed by atoms with van der Waals surface area (Å²) in [6.07, 6.45) is 3.15. The molecule has 44 heavy (non-hydrogen) atoms. The summed E-state index contributed by atoms with van der Waals surface area (Å²) in [4.78, 5) is 0. The summed E-state index contributed by atoms with van der Waals surface area (Å²) in [5, 5.41) is 64.8. The lowest BCUT2D eigenvalue weighted by Crippen LogP contribution is -2.67. The van der Waals surface area contributed by atoms with Crippen molar-refractivity contribution in [3.05, 3.63) is 11.6 Å². The number of hydrogen-bond acceptors (Lipinski definition) is 8. The number of rotatable bonds is 7. The summed E-state index contributed by atoms with van der Waals surface area (Å²) in [5.41, 5.74) is 0.122. The highest BCUT2D eigenvalue weighted by atomic mass is 16.7. The van der Waals surface area contributed by atoms with Gasteiger partial charge in [-0.1, -0.05) is 46.3 Å². The minimum atomic E-state index is -1.46. The van der Waals surface area contributed by atoms with Crippen LogP contribution < -0.4 is 0 Å². The average Bonchev–Trinajstić information content (AvgIpc) is 3.32. The van der Waals surface area contributed by atoms with Gasteiger partial charge in [-0.2, -0.15) is 0 Å². The van der Waals surface area contributed by atoms with Gasteiger partial charge in [0.25, 0.3) is 0 Å². The Labute approximate surface area is 265 Å². The van der Waals surface area contributed by atoms with Gasteiger partial charge in [-0.25, -0.2) is 0 Å². The lowest BCUT2D eigenvalue weighted by atomic mass is 9.35. The SMILES string of the molecule is CC(C)=CCC[C@](C)(O)[C@H]1CC[C@]2(C)[C@@H]1[C@@H](O)C[C@H]1[C@@]3(C)CC[C@@H](O[C@H]4O[C@H](CO)[C@@H](O)[C@@H](O)[C@H]4O)C(C)(C)[C@@H]3CC[C@]12C. The fourth-order valence-electron chi connectivity index (χ4n) is 11.9. The summed E-state index contributed by atoms with van der Waals surface area (Å²) in [6, 6.07) is 0. The molecule has 5 fully saturated rings. The van der Waals surface area contributed by atoms with E-state index < -0.39 is 49.0 Å². The topological polar surface area (TPSA) is 140 Å². The second-order valence-electron chi connectivity index (χ2n) is 17.3. The molecule has 5 rings (SSSR count). The molecular weight excluding hydrogens is 560 g/mol. The molecule has 0 aromatic heterocycles. The third-order valence-corrected chi connectivity index (χ3v) is 14.5. The highest BCUT2D eigenvalue weighted by molar-refractivity contribution is 5.20. The molecule has 4 aliphatic carbocycles. The summed E-state index contributed by atoms with van der Waals surface area (Å²) in [5.74, 6) is 0.792. The van der Waals surface area contributed by atoms with Gasteiger partial charge in [-0.15, -0.1) is 0 Å². The second kappa shape index (κ2) is 11.8. The lowest BCUT2D eigenvalue weighted by molar-refractivity contribution is -0.332. The first-order valence-corrected chi connectivity index (χ1v) is 17.3. The maximum absolute atomic E-state index is 12.0. The van der Waals surface area contributed by atoms with Gasteiger partial charge in [0.1, 0.15) is 24.4 Å². The van der Waals surface area contributed by atoms with Gasteiger partial charge in [0, 0.05) is 0 Å². The first-order chi connectivity index (χ1) is 20.3. The standard InChI is InChI=1S/C36H62O8/c1-20(2)10-9-14-36(8,42)21-11-16-35(7)27(21)22(38)18-25-33(5)15-13-26(32(3,4)24(33)12-17-34(25,35)6)44-31-30(41)29(40)28(39)23(19-37)43-31/h10,21-31,37-42H,9,11-19H2,1-8H3/t21-,22-,23+,24-,25-,26+,27-,28+,29+,30+,31+,33-,34+,35+,36-/m0/s1. The van der Waals surface area contributed by atoms with Crippen LogP contribution in [0, 0.1) is 45.3 Å². The molecule has 0 amide bonds. The molecular formula is C36H62O8. The van der Waals surface area contributed by atoms with E-state index in [4.69, 9.17) is 9.47 Å². The van der Waals surface area contributed by atoms with Crippen LogP contribution in [-0.4, -0.2) is 85.8 Å². The fourth-order valence-corrected chi connectivity index (χ4v) is 11.9. The predicted molar refractivity (Wildman–Crippen MR) is 168 cm³/mol. The molecule has 4 saturated carbocycles. The molecule has 1 aliphatic heterocycles. The van der Waals surface area contributed by atoms with Crippen LogP contribution in [0.3, 0.4) is 0 Å². The molecule has 15 atom stereocenters. The molecule has 6 N–H and O–H groups in total. The minimum absolute atomic E-state index is 0.0231. The summed E-state index contributed by atoms with van der Waals surface area (Å²) >= 11 is 0.